The van der Waals surface area contributed by atoms with Crippen LogP contribution in [0.3, 0.4) is 0 Å². The van der Waals surface area contributed by atoms with E-state index in [4.69, 9.17) is 5.73 Å². The number of hydrogen-bond acceptors (Lipinski definition) is 3. The first-order valence-corrected chi connectivity index (χ1v) is 4.33. The molecule has 1 unspecified atom stereocenters. The molecule has 0 aromatic rings. The molecule has 0 radical (unpaired) electrons. The van der Waals surface area contributed by atoms with Crippen LogP contribution in [0.15, 0.2) is 0 Å². The molecule has 0 aliphatic carbocycles. The van der Waals surface area contributed by atoms with Crippen molar-refractivity contribution in [2.24, 2.45) is 5.73 Å². The van der Waals surface area contributed by atoms with Crippen LogP contribution in [0.1, 0.15) is 6.42 Å². The van der Waals surface area contributed by atoms with E-state index < -0.39 is 27.2 Å². The van der Waals surface area contributed by atoms with Crippen molar-refractivity contribution >= 4 is 7.58 Å². The Labute approximate surface area is 56.9 Å². The van der Waals surface area contributed by atoms with Gasteiger partial charge in [0.2, 0.25) is 0 Å². The van der Waals surface area contributed by atoms with Crippen molar-refractivity contribution in [2.45, 2.75) is 12.5 Å². The Morgan fingerprint density at radius 3 is 2.38 bits per heavy atom. The van der Waals surface area contributed by atoms with E-state index in [2.05, 4.69) is 0 Å². The Kier molecular flexibility index (Phi) is 1.62. The summed E-state index contributed by atoms with van der Waals surface area (Å²) in [6.07, 6.45) is 0.298. The summed E-state index contributed by atoms with van der Waals surface area (Å²) in [6, 6.07) is -0.449. The molecule has 8 heavy (non-hydrogen) atoms. The molecule has 3 nitrogen and oxygen atoms in total. The fourth-order valence-corrected chi connectivity index (χ4v) is 2.37. The molecule has 0 spiro atoms. The van der Waals surface area contributed by atoms with Crippen LogP contribution in [0.5, 0.6) is 0 Å². The molecule has 0 bridgehead atoms. The Morgan fingerprint density at radius 2 is 2.25 bits per heavy atom. The van der Waals surface area contributed by atoms with Crippen LogP contribution in [-0.2, 0) is 9.59 Å². The van der Waals surface area contributed by atoms with E-state index in [1.165, 1.54) is 0 Å². The van der Waals surface area contributed by atoms with Gasteiger partial charge in [0.25, 0.3) is 0 Å². The van der Waals surface area contributed by atoms with Crippen molar-refractivity contribution < 1.29 is 30.8 Å². The number of hydrogen-bond donors (Lipinski definition) is 1. The maximum absolute atomic E-state index is 10.5. The third-order valence-electron chi connectivity index (χ3n) is 0.870. The van der Waals surface area contributed by atoms with Gasteiger partial charge in [-0.2, -0.15) is 0 Å². The summed E-state index contributed by atoms with van der Waals surface area (Å²) in [6.45, 7) is 0. The molecule has 1 aliphatic heterocycles. The minimum absolute atomic E-state index is 0.00574. The third-order valence-corrected chi connectivity index (χ3v) is 3.24. The van der Waals surface area contributed by atoms with Crippen LogP contribution < -0.4 is 26.9 Å². The monoisotopic (exact) mass is 226 g/mol. The van der Waals surface area contributed by atoms with Gasteiger partial charge in [-0.1, -0.05) is 0 Å². The molecule has 1 saturated heterocycles. The van der Waals surface area contributed by atoms with Gasteiger partial charge in [0.05, 0.1) is 0 Å². The van der Waals surface area contributed by atoms with Gasteiger partial charge in [0.1, 0.15) is 0 Å². The molecular weight excluding hydrogens is 221 g/mol. The zero-order valence-corrected chi connectivity index (χ0v) is 6.21. The first-order valence-electron chi connectivity index (χ1n) is 2.17. The quantitative estimate of drug-likeness (QED) is 0.337. The van der Waals surface area contributed by atoms with Gasteiger partial charge in [-0.05, 0) is 0 Å². The van der Waals surface area contributed by atoms with Crippen LogP contribution in [0, 0.1) is 0 Å². The topological polar surface area (TPSA) is 60.2 Å². The Morgan fingerprint density at radius 1 is 1.62 bits per heavy atom. The van der Waals surface area contributed by atoms with Crippen LogP contribution in [0.25, 0.3) is 0 Å². The van der Waals surface area contributed by atoms with Crippen molar-refractivity contribution in [2.75, 3.05) is 0 Å². The van der Waals surface area contributed by atoms with E-state index >= 15 is 0 Å². The molecule has 0 saturated carbocycles. The van der Waals surface area contributed by atoms with Crippen molar-refractivity contribution in [1.29, 1.82) is 0 Å². The van der Waals surface area contributed by atoms with Crippen molar-refractivity contribution in [1.82, 2.24) is 0 Å². The standard InChI is InChI=1S/C4H5INO2/c6-2-1-3(7)5-4(2)8/h2H,1,6H2/q-1. The van der Waals surface area contributed by atoms with Crippen LogP contribution in [-0.4, -0.2) is 13.6 Å². The van der Waals surface area contributed by atoms with Crippen LogP contribution in [0.4, 0.5) is 0 Å². The van der Waals surface area contributed by atoms with Crippen LogP contribution in [0.2, 0.25) is 0 Å². The Bertz CT molecular complexity index is 145. The van der Waals surface area contributed by atoms with Gasteiger partial charge in [0.15, 0.2) is 0 Å². The van der Waals surface area contributed by atoms with Crippen molar-refractivity contribution in [3.8, 4) is 0 Å². The average molecular weight is 226 g/mol. The van der Waals surface area contributed by atoms with E-state index in [-0.39, 0.29) is 7.58 Å². The van der Waals surface area contributed by atoms with Gasteiger partial charge in [0, 0.05) is 0 Å². The summed E-state index contributed by atoms with van der Waals surface area (Å²) >= 11 is -0.826. The molecule has 2 N–H and O–H groups in total. The molecule has 1 aliphatic rings. The predicted octanol–water partition coefficient (Wildman–Crippen LogP) is -4.14. The van der Waals surface area contributed by atoms with E-state index in [1.54, 1.807) is 0 Å². The number of nitrogens with two attached hydrogens (primary N) is 1. The summed E-state index contributed by atoms with van der Waals surface area (Å²) in [5.41, 5.74) is 5.23. The Hall–Kier alpha value is 0.0300. The molecule has 1 atom stereocenters. The van der Waals surface area contributed by atoms with Gasteiger partial charge in [-0.25, -0.2) is 0 Å². The summed E-state index contributed by atoms with van der Waals surface area (Å²) in [7, 11) is 0. The normalized spacial score (nSPS) is 30.4. The third kappa shape index (κ3) is 1.05. The van der Waals surface area contributed by atoms with Crippen LogP contribution >= 0.6 is 0 Å². The summed E-state index contributed by atoms with van der Waals surface area (Å²) in [4.78, 5) is 20.9. The number of halogens is 1. The zero-order chi connectivity index (χ0) is 6.15. The first kappa shape index (κ1) is 6.15. The second-order valence-electron chi connectivity index (χ2n) is 1.56. The molecule has 1 fully saturated rings. The van der Waals surface area contributed by atoms with Gasteiger partial charge >= 0.3 is 56.6 Å². The zero-order valence-electron chi connectivity index (χ0n) is 4.06. The predicted molar refractivity (Wildman–Crippen MR) is 22.6 cm³/mol. The molecule has 0 amide bonds. The van der Waals surface area contributed by atoms with Gasteiger partial charge in [-0.15, -0.1) is 0 Å². The van der Waals surface area contributed by atoms with E-state index in [1.807, 2.05) is 0 Å². The average Bonchev–Trinajstić information content (AvgIpc) is 1.85. The second kappa shape index (κ2) is 2.10. The summed E-state index contributed by atoms with van der Waals surface area (Å²) in [5.74, 6) is 0. The van der Waals surface area contributed by atoms with E-state index in [0.717, 1.165) is 0 Å². The summed E-state index contributed by atoms with van der Waals surface area (Å²) in [5, 5.41) is 0. The fourth-order valence-electron chi connectivity index (χ4n) is 0.466. The minimum atomic E-state index is -0.826. The molecular formula is C4H5INO2-. The SMILES string of the molecule is NC1CC(=O)[I-]C1=O. The van der Waals surface area contributed by atoms with Crippen molar-refractivity contribution in [3.63, 3.8) is 0 Å². The first-order chi connectivity index (χ1) is 3.70. The maximum atomic E-state index is 10.5. The molecule has 0 aromatic carbocycles. The second-order valence-corrected chi connectivity index (χ2v) is 4.37. The molecule has 46 valence electrons. The van der Waals surface area contributed by atoms with Gasteiger partial charge < -0.3 is 0 Å². The Balaban J connectivity index is 2.64. The number of carbonyl (C=O) groups excluding carboxylic acids is 2. The van der Waals surface area contributed by atoms with Gasteiger partial charge in [-0.3, -0.25) is 0 Å². The molecule has 1 rings (SSSR count). The number of carbonyl (C=O) groups is 2. The van der Waals surface area contributed by atoms with Crippen molar-refractivity contribution in [3.05, 3.63) is 0 Å². The molecule has 1 heterocycles. The molecule has 0 aromatic heterocycles. The fraction of sp³-hybridized carbons (Fsp3) is 0.500. The van der Waals surface area contributed by atoms with E-state index in [9.17, 15) is 9.59 Å². The summed E-state index contributed by atoms with van der Waals surface area (Å²) < 4.78 is 0.0788. The molecule has 4 heteroatoms. The number of rotatable bonds is 0. The van der Waals surface area contributed by atoms with E-state index in [0.29, 0.717) is 6.42 Å².